The maximum absolute atomic E-state index is 5.74. The molecule has 0 aliphatic carbocycles. The summed E-state index contributed by atoms with van der Waals surface area (Å²) in [5, 5.41) is 3.10. The summed E-state index contributed by atoms with van der Waals surface area (Å²) in [6.07, 6.45) is 3.84. The van der Waals surface area contributed by atoms with Crippen LogP contribution in [0.4, 0.5) is 0 Å². The third kappa shape index (κ3) is 8.13. The van der Waals surface area contributed by atoms with Gasteiger partial charge in [0.2, 0.25) is 0 Å². The summed E-state index contributed by atoms with van der Waals surface area (Å²) in [6.45, 7) is 11.0. The Morgan fingerprint density at radius 3 is 2.83 bits per heavy atom. The highest BCUT2D eigenvalue weighted by Crippen LogP contribution is 2.15. The Labute approximate surface area is 129 Å². The first-order valence-corrected chi connectivity index (χ1v) is 6.86. The summed E-state index contributed by atoms with van der Waals surface area (Å²) < 4.78 is 0. The highest BCUT2D eigenvalue weighted by Gasteiger charge is 2.15. The van der Waals surface area contributed by atoms with Crippen LogP contribution in [0.3, 0.4) is 0 Å². The van der Waals surface area contributed by atoms with Crippen LogP contribution < -0.4 is 11.1 Å². The van der Waals surface area contributed by atoms with Gasteiger partial charge in [-0.1, -0.05) is 6.92 Å². The number of nitrogens with two attached hydrogens (primary N) is 1. The molecular weight excluding hydrogens is 339 g/mol. The molecule has 1 fully saturated rings. The van der Waals surface area contributed by atoms with E-state index in [4.69, 9.17) is 5.73 Å². The van der Waals surface area contributed by atoms with Gasteiger partial charge >= 0.3 is 0 Å². The summed E-state index contributed by atoms with van der Waals surface area (Å²) in [4.78, 5) is 6.88. The molecule has 0 amide bonds. The molecule has 1 saturated heterocycles. The Hall–Kier alpha value is -0.0400. The van der Waals surface area contributed by atoms with Crippen molar-refractivity contribution in [2.45, 2.75) is 46.1 Å². The number of halogens is 1. The zero-order valence-corrected chi connectivity index (χ0v) is 14.3. The normalized spacial score (nSPS) is 21.8. The Morgan fingerprint density at radius 1 is 1.50 bits per heavy atom. The van der Waals surface area contributed by atoms with Gasteiger partial charge in [-0.2, -0.15) is 0 Å². The van der Waals surface area contributed by atoms with Crippen molar-refractivity contribution in [2.24, 2.45) is 16.6 Å². The minimum atomic E-state index is 0. The number of hydrogen-bond acceptors (Lipinski definition) is 2. The Balaban J connectivity index is 0.00000289. The summed E-state index contributed by atoms with van der Waals surface area (Å²) >= 11 is 0. The second-order valence-electron chi connectivity index (χ2n) is 5.47. The van der Waals surface area contributed by atoms with Crippen molar-refractivity contribution < 1.29 is 0 Å². The van der Waals surface area contributed by atoms with E-state index in [9.17, 15) is 0 Å². The molecule has 0 bridgehead atoms. The Morgan fingerprint density at radius 2 is 2.22 bits per heavy atom. The zero-order valence-electron chi connectivity index (χ0n) is 12.0. The molecule has 1 unspecified atom stereocenters. The molecule has 108 valence electrons. The lowest BCUT2D eigenvalue weighted by molar-refractivity contribution is 0.183. The number of aliphatic imine (C=N–C) groups is 1. The Kier molecular flexibility index (Phi) is 9.81. The lowest BCUT2D eigenvalue weighted by Crippen LogP contribution is -2.37. The largest absolute Gasteiger partial charge is 0.370 e. The van der Waals surface area contributed by atoms with E-state index in [0.717, 1.165) is 25.4 Å². The number of likely N-dealkylation sites (tertiary alicyclic amines) is 1. The highest BCUT2D eigenvalue weighted by molar-refractivity contribution is 14.0. The molecule has 1 aliphatic heterocycles. The third-order valence-electron chi connectivity index (χ3n) is 3.09. The van der Waals surface area contributed by atoms with E-state index >= 15 is 0 Å². The zero-order chi connectivity index (χ0) is 12.7. The second-order valence-corrected chi connectivity index (χ2v) is 5.47. The maximum Gasteiger partial charge on any atom is 0.188 e. The van der Waals surface area contributed by atoms with Crippen molar-refractivity contribution >= 4 is 29.9 Å². The van der Waals surface area contributed by atoms with Crippen LogP contribution in [0.2, 0.25) is 0 Å². The topological polar surface area (TPSA) is 53.6 Å². The van der Waals surface area contributed by atoms with E-state index in [2.05, 4.69) is 36.0 Å². The van der Waals surface area contributed by atoms with Crippen molar-refractivity contribution in [3.63, 3.8) is 0 Å². The fourth-order valence-corrected chi connectivity index (χ4v) is 2.33. The number of nitrogens with zero attached hydrogens (tertiary/aromatic N) is 2. The van der Waals surface area contributed by atoms with Gasteiger partial charge in [0.15, 0.2) is 5.96 Å². The first-order valence-electron chi connectivity index (χ1n) is 6.86. The van der Waals surface area contributed by atoms with Crippen molar-refractivity contribution in [2.75, 3.05) is 26.2 Å². The lowest BCUT2D eigenvalue weighted by atomic mass is 10.0. The van der Waals surface area contributed by atoms with Gasteiger partial charge in [0.1, 0.15) is 0 Å². The third-order valence-corrected chi connectivity index (χ3v) is 3.09. The molecule has 1 atom stereocenters. The van der Waals surface area contributed by atoms with Gasteiger partial charge in [-0.25, -0.2) is 0 Å². The van der Waals surface area contributed by atoms with E-state index in [1.54, 1.807) is 0 Å². The molecule has 0 aromatic carbocycles. The Bertz CT molecular complexity index is 243. The lowest BCUT2D eigenvalue weighted by Gasteiger charge is -2.30. The van der Waals surface area contributed by atoms with Crippen molar-refractivity contribution in [3.8, 4) is 0 Å². The van der Waals surface area contributed by atoms with Gasteiger partial charge in [0.05, 0.1) is 0 Å². The SMILES string of the molecule is CC1CCCN(CCCN=C(N)NC(C)C)C1.I. The first-order chi connectivity index (χ1) is 8.08. The molecule has 0 aromatic heterocycles. The average molecular weight is 368 g/mol. The van der Waals surface area contributed by atoms with Gasteiger partial charge < -0.3 is 16.0 Å². The van der Waals surface area contributed by atoms with Crippen LogP contribution in [-0.2, 0) is 0 Å². The van der Waals surface area contributed by atoms with Crippen LogP contribution in [0.1, 0.15) is 40.0 Å². The standard InChI is InChI=1S/C13H28N4.HI/c1-11(2)16-13(14)15-7-5-9-17-8-4-6-12(3)10-17;/h11-12H,4-10H2,1-3H3,(H3,14,15,16);1H. The average Bonchev–Trinajstić information content (AvgIpc) is 2.23. The smallest absolute Gasteiger partial charge is 0.188 e. The summed E-state index contributed by atoms with van der Waals surface area (Å²) in [5.74, 6) is 1.44. The molecule has 0 spiro atoms. The molecule has 5 heteroatoms. The van der Waals surface area contributed by atoms with Crippen LogP contribution in [0.15, 0.2) is 4.99 Å². The number of guanidine groups is 1. The second kappa shape index (κ2) is 9.83. The van der Waals surface area contributed by atoms with E-state index in [1.807, 2.05) is 0 Å². The van der Waals surface area contributed by atoms with Crippen molar-refractivity contribution in [1.29, 1.82) is 0 Å². The molecule has 3 N–H and O–H groups in total. The predicted octanol–water partition coefficient (Wildman–Crippen LogP) is 2.04. The minimum Gasteiger partial charge on any atom is -0.370 e. The quantitative estimate of drug-likeness (QED) is 0.338. The maximum atomic E-state index is 5.74. The molecular formula is C13H29IN4. The van der Waals surface area contributed by atoms with Gasteiger partial charge in [-0.3, -0.25) is 4.99 Å². The molecule has 0 aromatic rings. The van der Waals surface area contributed by atoms with Gasteiger partial charge in [0, 0.05) is 19.1 Å². The summed E-state index contributed by atoms with van der Waals surface area (Å²) in [5.41, 5.74) is 5.74. The number of nitrogens with one attached hydrogen (secondary N) is 1. The van der Waals surface area contributed by atoms with Crippen LogP contribution in [-0.4, -0.2) is 43.1 Å². The fraction of sp³-hybridized carbons (Fsp3) is 0.923. The van der Waals surface area contributed by atoms with Crippen molar-refractivity contribution in [3.05, 3.63) is 0 Å². The number of rotatable bonds is 5. The molecule has 1 rings (SSSR count). The van der Waals surface area contributed by atoms with Gasteiger partial charge in [0.25, 0.3) is 0 Å². The van der Waals surface area contributed by atoms with Crippen LogP contribution >= 0.6 is 24.0 Å². The molecule has 0 saturated carbocycles. The van der Waals surface area contributed by atoms with E-state index in [1.165, 1.54) is 25.9 Å². The van der Waals surface area contributed by atoms with Crippen LogP contribution in [0.5, 0.6) is 0 Å². The number of piperidine rings is 1. The fourth-order valence-electron chi connectivity index (χ4n) is 2.33. The summed E-state index contributed by atoms with van der Waals surface area (Å²) in [6, 6.07) is 0.363. The summed E-state index contributed by atoms with van der Waals surface area (Å²) in [7, 11) is 0. The van der Waals surface area contributed by atoms with E-state index in [-0.39, 0.29) is 24.0 Å². The van der Waals surface area contributed by atoms with E-state index in [0.29, 0.717) is 12.0 Å². The number of hydrogen-bond donors (Lipinski definition) is 2. The van der Waals surface area contributed by atoms with E-state index < -0.39 is 0 Å². The predicted molar refractivity (Wildman–Crippen MR) is 89.6 cm³/mol. The van der Waals surface area contributed by atoms with Gasteiger partial charge in [-0.15, -0.1) is 24.0 Å². The monoisotopic (exact) mass is 368 g/mol. The first kappa shape index (κ1) is 18.0. The minimum absolute atomic E-state index is 0. The molecule has 4 nitrogen and oxygen atoms in total. The molecule has 0 radical (unpaired) electrons. The molecule has 1 aliphatic rings. The molecule has 18 heavy (non-hydrogen) atoms. The van der Waals surface area contributed by atoms with Crippen molar-refractivity contribution in [1.82, 2.24) is 10.2 Å². The van der Waals surface area contributed by atoms with Gasteiger partial charge in [-0.05, 0) is 52.1 Å². The highest BCUT2D eigenvalue weighted by atomic mass is 127. The van der Waals surface area contributed by atoms with Crippen LogP contribution in [0, 0.1) is 5.92 Å². The molecule has 1 heterocycles. The van der Waals surface area contributed by atoms with Crippen LogP contribution in [0.25, 0.3) is 0 Å².